The molecule has 1 aliphatic rings. The summed E-state index contributed by atoms with van der Waals surface area (Å²) in [6, 6.07) is 32.3. The van der Waals surface area contributed by atoms with Crippen molar-refractivity contribution in [2.75, 3.05) is 12.7 Å². The number of nitrogens with zero attached hydrogens (tertiary/aromatic N) is 1. The van der Waals surface area contributed by atoms with Gasteiger partial charge in [0, 0.05) is 18.9 Å². The van der Waals surface area contributed by atoms with Gasteiger partial charge in [0.2, 0.25) is 5.91 Å². The standard InChI is InChI=1S/C51H77NO8P.F6P/c1-8-44-51(7,59)48(56)40(5)52(36-37(2)35-50(6,58)47(55)38(3)46(54)39(4)49(57)60-44)45(53)33-25-14-12-10-9-11-13-15-26-34-61(41-27-19-16-20-28-41,42-29-21-17-22-30-42)43-31-23-18-24-32-43;1-7(2,3,4,5)6/h16-24,27-32,37-40,44,46-48,54-56,58-59H,8-15,25-26,33-36H2,1-7H3;/q+1;-1/t37-,38+,39-,40-,44-,46+,47-,48-,50-,51-;/m1./s1. The van der Waals surface area contributed by atoms with Gasteiger partial charge in [0.15, 0.2) is 0 Å². The summed E-state index contributed by atoms with van der Waals surface area (Å²) in [5.74, 6) is -3.22. The van der Waals surface area contributed by atoms with Crippen molar-refractivity contribution in [3.63, 3.8) is 0 Å². The molecular weight excluding hydrogens is 930 g/mol. The van der Waals surface area contributed by atoms with E-state index in [4.69, 9.17) is 4.74 Å². The van der Waals surface area contributed by atoms with Crippen molar-refractivity contribution in [3.8, 4) is 0 Å². The Bertz CT molecular complexity index is 1880. The number of hydrogen-bond donors (Lipinski definition) is 5. The Kier molecular flexibility index (Phi) is 21.1. The van der Waals surface area contributed by atoms with Crippen LogP contribution in [0.4, 0.5) is 25.2 Å². The maximum absolute atomic E-state index is 14.0. The third-order valence-corrected chi connectivity index (χ3v) is 18.0. The first-order chi connectivity index (χ1) is 31.4. The molecule has 4 rings (SSSR count). The Labute approximate surface area is 400 Å². The summed E-state index contributed by atoms with van der Waals surface area (Å²) in [7, 11) is -12.5. The summed E-state index contributed by atoms with van der Waals surface area (Å²) in [5, 5.41) is 61.3. The van der Waals surface area contributed by atoms with Crippen molar-refractivity contribution in [1.29, 1.82) is 0 Å². The van der Waals surface area contributed by atoms with Crippen LogP contribution < -0.4 is 15.9 Å². The predicted molar refractivity (Wildman–Crippen MR) is 262 cm³/mol. The Morgan fingerprint density at radius 1 is 0.691 bits per heavy atom. The van der Waals surface area contributed by atoms with Gasteiger partial charge in [-0.15, -0.1) is 0 Å². The molecule has 10 atom stereocenters. The third kappa shape index (κ3) is 18.2. The quantitative estimate of drug-likeness (QED) is 0.0412. The summed E-state index contributed by atoms with van der Waals surface area (Å²) in [4.78, 5) is 28.7. The van der Waals surface area contributed by atoms with E-state index in [9.17, 15) is 60.3 Å². The van der Waals surface area contributed by atoms with Crippen LogP contribution in [0.25, 0.3) is 0 Å². The van der Waals surface area contributed by atoms with E-state index in [0.717, 1.165) is 38.3 Å². The molecule has 3 aromatic carbocycles. The van der Waals surface area contributed by atoms with Crippen LogP contribution >= 0.6 is 15.1 Å². The van der Waals surface area contributed by atoms with Crippen LogP contribution in [0.2, 0.25) is 0 Å². The Morgan fingerprint density at radius 2 is 1.09 bits per heavy atom. The number of carbonyl (C=O) groups is 2. The minimum absolute atomic E-state index is 0.0973. The molecule has 1 heterocycles. The number of benzene rings is 3. The van der Waals surface area contributed by atoms with Crippen molar-refractivity contribution in [3.05, 3.63) is 91.0 Å². The molecule has 0 spiro atoms. The molecule has 17 heteroatoms. The molecular formula is C51H77F6NO8P2. The minimum atomic E-state index is -10.7. The van der Waals surface area contributed by atoms with E-state index >= 15 is 0 Å². The van der Waals surface area contributed by atoms with Gasteiger partial charge in [-0.2, -0.15) is 0 Å². The Morgan fingerprint density at radius 3 is 1.50 bits per heavy atom. The normalized spacial score (nSPS) is 29.0. The van der Waals surface area contributed by atoms with Crippen LogP contribution in [-0.4, -0.2) is 96.7 Å². The number of cyclic esters (lactones) is 1. The molecule has 1 fully saturated rings. The number of aliphatic hydroxyl groups is 5. The van der Waals surface area contributed by atoms with E-state index < -0.39 is 74.5 Å². The van der Waals surface area contributed by atoms with Crippen molar-refractivity contribution in [1.82, 2.24) is 4.90 Å². The van der Waals surface area contributed by atoms with Gasteiger partial charge in [-0.3, -0.25) is 9.59 Å². The van der Waals surface area contributed by atoms with E-state index in [-0.39, 0.29) is 37.6 Å². The maximum atomic E-state index is 14.0. The van der Waals surface area contributed by atoms with E-state index in [1.807, 2.05) is 6.92 Å². The molecule has 0 unspecified atom stereocenters. The Hall–Kier alpha value is -3.16. The zero-order valence-electron chi connectivity index (χ0n) is 40.7. The molecule has 0 radical (unpaired) electrons. The van der Waals surface area contributed by atoms with E-state index in [0.29, 0.717) is 6.42 Å². The van der Waals surface area contributed by atoms with Crippen molar-refractivity contribution < 1.29 is 65.0 Å². The summed E-state index contributed by atoms with van der Waals surface area (Å²) in [6.45, 7) is 11.4. The fourth-order valence-corrected chi connectivity index (χ4v) is 14.1. The van der Waals surface area contributed by atoms with E-state index in [1.54, 1.807) is 25.7 Å². The first-order valence-corrected chi connectivity index (χ1v) is 28.0. The number of carbonyl (C=O) groups excluding carboxylic acids is 2. The van der Waals surface area contributed by atoms with Crippen LogP contribution in [0, 0.1) is 17.8 Å². The molecule has 0 aliphatic carbocycles. The summed E-state index contributed by atoms with van der Waals surface area (Å²) >= 11 is 0. The molecule has 3 aromatic rings. The number of hydrogen-bond acceptors (Lipinski definition) is 8. The molecule has 1 aliphatic heterocycles. The van der Waals surface area contributed by atoms with Gasteiger partial charge in [0.05, 0.1) is 35.9 Å². The van der Waals surface area contributed by atoms with Crippen molar-refractivity contribution >= 4 is 42.9 Å². The molecule has 9 nitrogen and oxygen atoms in total. The second-order valence-corrected chi connectivity index (χ2v) is 25.0. The Balaban J connectivity index is 0.00000162. The fraction of sp³-hybridized carbons (Fsp3) is 0.608. The van der Waals surface area contributed by atoms with Gasteiger partial charge < -0.3 is 35.2 Å². The number of unbranched alkanes of at least 4 members (excludes halogenated alkanes) is 8. The summed E-state index contributed by atoms with van der Waals surface area (Å²) in [6.07, 6.45) is 5.96. The second kappa shape index (κ2) is 24.3. The van der Waals surface area contributed by atoms with Crippen LogP contribution in [0.5, 0.6) is 0 Å². The SMILES string of the molecule is CC[C@H]1OC(=O)[C@H](C)[C@@H](O)[C@H](C)[C@@H](O)[C@](C)(O)C[C@@H](C)CN(C(=O)CCCCCCCCCCC[P+](c2ccccc2)(c2ccccc2)c2ccccc2)[C@H](C)[C@@H](O)[C@]1(C)O.F[P-](F)(F)(F)(F)F. The number of halogens is 6. The first kappa shape index (κ1) is 59.2. The van der Waals surface area contributed by atoms with Gasteiger partial charge >= 0.3 is 39.0 Å². The molecule has 0 saturated carbocycles. The van der Waals surface area contributed by atoms with Gasteiger partial charge in [0.1, 0.15) is 41.0 Å². The number of rotatable bonds is 16. The topological polar surface area (TPSA) is 148 Å². The molecule has 0 aromatic heterocycles. The third-order valence-electron chi connectivity index (χ3n) is 13.5. The second-order valence-electron chi connectivity index (χ2n) is 19.5. The zero-order valence-corrected chi connectivity index (χ0v) is 42.5. The first-order valence-electron chi connectivity index (χ1n) is 24.0. The van der Waals surface area contributed by atoms with E-state index in [1.165, 1.54) is 55.9 Å². The average Bonchev–Trinajstić information content (AvgIpc) is 3.28. The van der Waals surface area contributed by atoms with Gasteiger partial charge in [-0.1, -0.05) is 114 Å². The molecule has 5 N–H and O–H groups in total. The van der Waals surface area contributed by atoms with Crippen LogP contribution in [0.3, 0.4) is 0 Å². The molecule has 68 heavy (non-hydrogen) atoms. The summed E-state index contributed by atoms with van der Waals surface area (Å²) in [5.41, 5.74) is -3.56. The number of ether oxygens (including phenoxy) is 1. The number of amides is 1. The van der Waals surface area contributed by atoms with Gasteiger partial charge in [0.25, 0.3) is 0 Å². The number of aliphatic hydroxyl groups excluding tert-OH is 3. The molecule has 1 amide bonds. The molecule has 386 valence electrons. The number of esters is 1. The average molecular weight is 1010 g/mol. The van der Waals surface area contributed by atoms with Crippen LogP contribution in [-0.2, 0) is 14.3 Å². The zero-order chi connectivity index (χ0) is 51.2. The van der Waals surface area contributed by atoms with Crippen molar-refractivity contribution in [2.24, 2.45) is 17.8 Å². The van der Waals surface area contributed by atoms with Crippen LogP contribution in [0.15, 0.2) is 91.0 Å². The predicted octanol–water partition coefficient (Wildman–Crippen LogP) is 10.7. The van der Waals surface area contributed by atoms with E-state index in [2.05, 4.69) is 91.0 Å². The molecule has 1 saturated heterocycles. The fourth-order valence-electron chi connectivity index (χ4n) is 9.67. The molecule has 0 bridgehead atoms. The van der Waals surface area contributed by atoms with Gasteiger partial charge in [-0.05, 0) is 102 Å². The summed E-state index contributed by atoms with van der Waals surface area (Å²) < 4.78 is 64.9. The van der Waals surface area contributed by atoms with Crippen molar-refractivity contribution in [2.45, 2.75) is 167 Å². The van der Waals surface area contributed by atoms with Gasteiger partial charge in [-0.25, -0.2) is 0 Å². The monoisotopic (exact) mass is 1010 g/mol. The van der Waals surface area contributed by atoms with Crippen LogP contribution in [0.1, 0.15) is 126 Å².